The van der Waals surface area contributed by atoms with E-state index >= 15 is 0 Å². The Labute approximate surface area is 220 Å². The summed E-state index contributed by atoms with van der Waals surface area (Å²) in [6.45, 7) is -1.99. The van der Waals surface area contributed by atoms with Gasteiger partial charge in [0.1, 0.15) is 24.5 Å². The van der Waals surface area contributed by atoms with Crippen LogP contribution in [-0.2, 0) is 16.0 Å². The molecule has 2 aromatic carbocycles. The average Bonchev–Trinajstić information content (AvgIpc) is 2.83. The zero-order chi connectivity index (χ0) is 26.3. The summed E-state index contributed by atoms with van der Waals surface area (Å²) >= 11 is 2.01. The summed E-state index contributed by atoms with van der Waals surface area (Å²) in [5.41, 5.74) is 0.567. The van der Waals surface area contributed by atoms with Gasteiger partial charge in [0.05, 0.1) is 22.6 Å². The summed E-state index contributed by atoms with van der Waals surface area (Å²) in [7, 11) is 0. The van der Waals surface area contributed by atoms with Crippen LogP contribution in [0.2, 0.25) is 0 Å². The first-order valence-corrected chi connectivity index (χ1v) is 12.3. The van der Waals surface area contributed by atoms with E-state index in [-0.39, 0.29) is 31.6 Å². The summed E-state index contributed by atoms with van der Waals surface area (Å²) < 4.78 is 47.3. The van der Waals surface area contributed by atoms with Crippen molar-refractivity contribution in [2.75, 3.05) is 19.7 Å². The van der Waals surface area contributed by atoms with Gasteiger partial charge in [-0.05, 0) is 46.4 Å². The third-order valence-corrected chi connectivity index (χ3v) is 6.47. The van der Waals surface area contributed by atoms with E-state index in [1.165, 1.54) is 6.08 Å². The Morgan fingerprint density at radius 2 is 1.78 bits per heavy atom. The van der Waals surface area contributed by atoms with Crippen molar-refractivity contribution < 1.29 is 37.7 Å². The predicted molar refractivity (Wildman–Crippen MR) is 134 cm³/mol. The Hall–Kier alpha value is -2.64. The van der Waals surface area contributed by atoms with Crippen LogP contribution in [0.3, 0.4) is 0 Å². The number of ether oxygens (including phenoxy) is 1. The Balaban J connectivity index is 1.96. The van der Waals surface area contributed by atoms with E-state index in [1.54, 1.807) is 54.6 Å². The van der Waals surface area contributed by atoms with E-state index in [0.717, 1.165) is 0 Å². The largest absolute Gasteiger partial charge is 0.482 e. The zero-order valence-corrected chi connectivity index (χ0v) is 21.3. The molecule has 0 bridgehead atoms. The Morgan fingerprint density at radius 3 is 2.42 bits per heavy atom. The molecule has 0 saturated heterocycles. The molecule has 3 atom stereocenters. The van der Waals surface area contributed by atoms with E-state index < -0.39 is 42.8 Å². The molecule has 0 heterocycles. The Bertz CT molecular complexity index is 1080. The lowest BCUT2D eigenvalue weighted by Crippen LogP contribution is -2.57. The maximum absolute atomic E-state index is 13.6. The normalized spacial score (nSPS) is 19.8. The minimum Gasteiger partial charge on any atom is -0.482 e. The molecule has 0 saturated carbocycles. The summed E-state index contributed by atoms with van der Waals surface area (Å²) in [5.74, 6) is -1.10. The van der Waals surface area contributed by atoms with Crippen LogP contribution >= 0.6 is 22.6 Å². The minimum atomic E-state index is -4.74. The molecule has 0 aliphatic heterocycles. The number of amides is 2. The van der Waals surface area contributed by atoms with Crippen molar-refractivity contribution in [3.8, 4) is 5.75 Å². The minimum absolute atomic E-state index is 0.0503. The third-order valence-electron chi connectivity index (χ3n) is 5.58. The van der Waals surface area contributed by atoms with Gasteiger partial charge in [0.15, 0.2) is 0 Å². The Kier molecular flexibility index (Phi) is 9.74. The van der Waals surface area contributed by atoms with Crippen molar-refractivity contribution in [3.05, 3.63) is 75.4 Å². The molecule has 0 unspecified atom stereocenters. The standard InChI is InChI=1S/C25H26F3IN2O5/c26-25(27,28)15-31(22(33)12-16-6-2-1-3-7-16)19-13-17(24(35)30-10-11-32)14-21(23(19)34)36-20-9-5-4-8-18(20)29/h1-9,14,19,21,23,32,34H,10-13,15H2,(H,30,35)/t19-,21+,23+/m1/s1. The van der Waals surface area contributed by atoms with Crippen molar-refractivity contribution in [1.82, 2.24) is 10.2 Å². The first-order chi connectivity index (χ1) is 17.1. The molecule has 1 aliphatic rings. The van der Waals surface area contributed by atoms with Crippen LogP contribution in [0.25, 0.3) is 0 Å². The van der Waals surface area contributed by atoms with E-state index in [1.807, 2.05) is 22.6 Å². The van der Waals surface area contributed by atoms with E-state index in [0.29, 0.717) is 19.8 Å². The molecule has 0 radical (unpaired) electrons. The summed E-state index contributed by atoms with van der Waals surface area (Å²) in [4.78, 5) is 26.4. The number of aliphatic hydroxyl groups is 2. The van der Waals surface area contributed by atoms with E-state index in [2.05, 4.69) is 5.32 Å². The summed E-state index contributed by atoms with van der Waals surface area (Å²) in [6.07, 6.45) is -6.76. The highest BCUT2D eigenvalue weighted by Crippen LogP contribution is 2.31. The number of para-hydroxylation sites is 1. The van der Waals surface area contributed by atoms with Gasteiger partial charge >= 0.3 is 6.18 Å². The number of hydrogen-bond donors (Lipinski definition) is 3. The molecule has 1 aliphatic carbocycles. The maximum atomic E-state index is 13.6. The van der Waals surface area contributed by atoms with Gasteiger partial charge in [0.25, 0.3) is 0 Å². The number of hydrogen-bond acceptors (Lipinski definition) is 5. The molecule has 2 aromatic rings. The number of alkyl halides is 3. The fraction of sp³-hybridized carbons (Fsp3) is 0.360. The Morgan fingerprint density at radius 1 is 1.11 bits per heavy atom. The van der Waals surface area contributed by atoms with E-state index in [4.69, 9.17) is 9.84 Å². The molecule has 11 heteroatoms. The average molecular weight is 618 g/mol. The lowest BCUT2D eigenvalue weighted by atomic mass is 9.87. The number of benzene rings is 2. The SMILES string of the molecule is O=C(NCCO)C1=C[C@H](Oc2ccccc2I)[C@@H](O)[C@H](N(CC(F)(F)F)C(=O)Cc2ccccc2)C1. The third kappa shape index (κ3) is 7.68. The van der Waals surface area contributed by atoms with Crippen LogP contribution in [0.4, 0.5) is 13.2 Å². The highest BCUT2D eigenvalue weighted by molar-refractivity contribution is 14.1. The number of carbonyl (C=O) groups excluding carboxylic acids is 2. The predicted octanol–water partition coefficient (Wildman–Crippen LogP) is 2.84. The highest BCUT2D eigenvalue weighted by Gasteiger charge is 2.44. The molecular weight excluding hydrogens is 592 g/mol. The molecule has 36 heavy (non-hydrogen) atoms. The fourth-order valence-electron chi connectivity index (χ4n) is 3.92. The van der Waals surface area contributed by atoms with Crippen LogP contribution in [0.15, 0.2) is 66.2 Å². The maximum Gasteiger partial charge on any atom is 0.406 e. The summed E-state index contributed by atoms with van der Waals surface area (Å²) in [6, 6.07) is 13.8. The monoisotopic (exact) mass is 618 g/mol. The van der Waals surface area contributed by atoms with Gasteiger partial charge in [-0.3, -0.25) is 9.59 Å². The number of nitrogens with zero attached hydrogens (tertiary/aromatic N) is 1. The first-order valence-electron chi connectivity index (χ1n) is 11.2. The molecular formula is C25H26F3IN2O5. The van der Waals surface area contributed by atoms with Crippen molar-refractivity contribution in [3.63, 3.8) is 0 Å². The zero-order valence-electron chi connectivity index (χ0n) is 19.1. The van der Waals surface area contributed by atoms with Gasteiger partial charge in [-0.2, -0.15) is 13.2 Å². The van der Waals surface area contributed by atoms with Crippen LogP contribution in [0, 0.1) is 3.57 Å². The lowest BCUT2D eigenvalue weighted by molar-refractivity contribution is -0.172. The van der Waals surface area contributed by atoms with Crippen LogP contribution in [-0.4, -0.2) is 71.0 Å². The topological polar surface area (TPSA) is 99.1 Å². The number of nitrogens with one attached hydrogen (secondary N) is 1. The van der Waals surface area contributed by atoms with Crippen molar-refractivity contribution >= 4 is 34.4 Å². The number of rotatable bonds is 9. The number of carbonyl (C=O) groups is 2. The van der Waals surface area contributed by atoms with Crippen LogP contribution < -0.4 is 10.1 Å². The smallest absolute Gasteiger partial charge is 0.406 e. The molecule has 0 spiro atoms. The number of aliphatic hydroxyl groups excluding tert-OH is 2. The van der Waals surface area contributed by atoms with Gasteiger partial charge in [-0.1, -0.05) is 42.5 Å². The second-order valence-corrected chi connectivity index (χ2v) is 9.41. The molecule has 0 fully saturated rings. The molecule has 3 rings (SSSR count). The van der Waals surface area contributed by atoms with Gasteiger partial charge in [-0.25, -0.2) is 0 Å². The second-order valence-electron chi connectivity index (χ2n) is 8.25. The number of halogens is 4. The van der Waals surface area contributed by atoms with Gasteiger partial charge < -0.3 is 25.2 Å². The van der Waals surface area contributed by atoms with Crippen molar-refractivity contribution in [2.24, 2.45) is 0 Å². The first kappa shape index (κ1) is 27.9. The quantitative estimate of drug-likeness (QED) is 0.376. The molecule has 3 N–H and O–H groups in total. The van der Waals surface area contributed by atoms with E-state index in [9.17, 15) is 27.9 Å². The van der Waals surface area contributed by atoms with Gasteiger partial charge in [0, 0.05) is 18.5 Å². The molecule has 194 valence electrons. The van der Waals surface area contributed by atoms with Crippen molar-refractivity contribution in [1.29, 1.82) is 0 Å². The highest BCUT2D eigenvalue weighted by atomic mass is 127. The second kappa shape index (κ2) is 12.5. The summed E-state index contributed by atoms with van der Waals surface area (Å²) in [5, 5.41) is 22.6. The van der Waals surface area contributed by atoms with Gasteiger partial charge in [0.2, 0.25) is 11.8 Å². The van der Waals surface area contributed by atoms with Crippen LogP contribution in [0.1, 0.15) is 12.0 Å². The molecule has 0 aromatic heterocycles. The molecule has 2 amide bonds. The van der Waals surface area contributed by atoms with Crippen molar-refractivity contribution in [2.45, 2.75) is 37.3 Å². The van der Waals surface area contributed by atoms with Crippen LogP contribution in [0.5, 0.6) is 5.75 Å². The molecule has 7 nitrogen and oxygen atoms in total. The fourth-order valence-corrected chi connectivity index (χ4v) is 4.44. The lowest BCUT2D eigenvalue weighted by Gasteiger charge is -2.40. The van der Waals surface area contributed by atoms with Gasteiger partial charge in [-0.15, -0.1) is 0 Å².